The summed E-state index contributed by atoms with van der Waals surface area (Å²) in [5, 5.41) is 3.76. The minimum absolute atomic E-state index is 0.0616. The van der Waals surface area contributed by atoms with Crippen molar-refractivity contribution in [2.75, 3.05) is 51.6 Å². The Balaban J connectivity index is 1.37. The Labute approximate surface area is 266 Å². The standard InChI is InChI=1S/C35H36F2N6O3/c1-41-14-12-24(13-15-41)42(2)25-9-11-32(39-20-25)40-33-18-30-23(19-38-33)16-27(34-28(36)6-5-7-29(34)37)35(44)43(30)21-22-8-10-26(45-3)17-31(22)46-4/h5-11,16-20,24H,12-15,21H2,1-4H3,(H,38,39,40). The van der Waals surface area contributed by atoms with Crippen LogP contribution in [0.15, 0.2) is 77.9 Å². The van der Waals surface area contributed by atoms with Gasteiger partial charge in [0.25, 0.3) is 5.56 Å². The highest BCUT2D eigenvalue weighted by Gasteiger charge is 2.22. The second kappa shape index (κ2) is 13.1. The van der Waals surface area contributed by atoms with Crippen LogP contribution in [0, 0.1) is 11.6 Å². The number of benzene rings is 2. The van der Waals surface area contributed by atoms with Gasteiger partial charge in [-0.3, -0.25) is 4.79 Å². The van der Waals surface area contributed by atoms with E-state index in [1.807, 2.05) is 18.3 Å². The zero-order valence-electron chi connectivity index (χ0n) is 26.3. The van der Waals surface area contributed by atoms with E-state index in [4.69, 9.17) is 9.47 Å². The van der Waals surface area contributed by atoms with E-state index in [1.54, 1.807) is 37.6 Å². The number of halogens is 2. The van der Waals surface area contributed by atoms with Crippen molar-refractivity contribution in [3.8, 4) is 22.6 Å². The van der Waals surface area contributed by atoms with Gasteiger partial charge in [0.05, 0.1) is 49.3 Å². The quantitative estimate of drug-likeness (QED) is 0.211. The average molecular weight is 627 g/mol. The van der Waals surface area contributed by atoms with Gasteiger partial charge in [0.1, 0.15) is 34.8 Å². The molecule has 3 aromatic heterocycles. The molecule has 0 amide bonds. The summed E-state index contributed by atoms with van der Waals surface area (Å²) in [4.78, 5) is 27.8. The molecule has 0 saturated carbocycles. The van der Waals surface area contributed by atoms with Crippen molar-refractivity contribution in [1.29, 1.82) is 0 Å². The van der Waals surface area contributed by atoms with Gasteiger partial charge in [-0.05, 0) is 75.4 Å². The zero-order valence-corrected chi connectivity index (χ0v) is 26.3. The summed E-state index contributed by atoms with van der Waals surface area (Å²) in [5.41, 5.74) is 1.16. The van der Waals surface area contributed by atoms with Gasteiger partial charge in [-0.15, -0.1) is 0 Å². The Kier molecular flexibility index (Phi) is 8.85. The topological polar surface area (TPSA) is 84.8 Å². The molecule has 6 rings (SSSR count). The van der Waals surface area contributed by atoms with Gasteiger partial charge < -0.3 is 29.2 Å². The maximum atomic E-state index is 14.9. The van der Waals surface area contributed by atoms with Crippen molar-refractivity contribution in [3.05, 3.63) is 101 Å². The highest BCUT2D eigenvalue weighted by molar-refractivity contribution is 5.86. The first-order valence-corrected chi connectivity index (χ1v) is 15.1. The van der Waals surface area contributed by atoms with Crippen molar-refractivity contribution in [3.63, 3.8) is 0 Å². The number of hydrogen-bond acceptors (Lipinski definition) is 8. The number of nitrogens with one attached hydrogen (secondary N) is 1. The fourth-order valence-electron chi connectivity index (χ4n) is 5.98. The number of methoxy groups -OCH3 is 2. The van der Waals surface area contributed by atoms with Crippen LogP contribution in [0.2, 0.25) is 0 Å². The monoisotopic (exact) mass is 626 g/mol. The Hall–Kier alpha value is -5.03. The first kappa shape index (κ1) is 31.0. The molecule has 0 spiro atoms. The molecule has 0 radical (unpaired) electrons. The van der Waals surface area contributed by atoms with Gasteiger partial charge in [0.15, 0.2) is 0 Å². The number of ether oxygens (including phenoxy) is 2. The molecular weight excluding hydrogens is 590 g/mol. The second-order valence-electron chi connectivity index (χ2n) is 11.5. The van der Waals surface area contributed by atoms with Gasteiger partial charge in [0, 0.05) is 42.4 Å². The first-order chi connectivity index (χ1) is 22.2. The highest BCUT2D eigenvalue weighted by Crippen LogP contribution is 2.30. The van der Waals surface area contributed by atoms with Crippen LogP contribution >= 0.6 is 0 Å². The van der Waals surface area contributed by atoms with E-state index in [-0.39, 0.29) is 17.7 Å². The number of fused-ring (bicyclic) bond motifs is 1. The molecule has 11 heteroatoms. The van der Waals surface area contributed by atoms with Crippen molar-refractivity contribution < 1.29 is 18.3 Å². The van der Waals surface area contributed by atoms with E-state index in [1.165, 1.54) is 23.8 Å². The third kappa shape index (κ3) is 6.23. The average Bonchev–Trinajstić information content (AvgIpc) is 3.07. The number of likely N-dealkylation sites (tertiary alicyclic amines) is 1. The van der Waals surface area contributed by atoms with Crippen LogP contribution in [0.1, 0.15) is 18.4 Å². The van der Waals surface area contributed by atoms with Gasteiger partial charge in [-0.25, -0.2) is 18.7 Å². The summed E-state index contributed by atoms with van der Waals surface area (Å²) in [6, 6.07) is 16.4. The number of anilines is 3. The number of rotatable bonds is 9. The molecule has 0 bridgehead atoms. The molecule has 1 saturated heterocycles. The van der Waals surface area contributed by atoms with E-state index in [2.05, 4.69) is 39.2 Å². The van der Waals surface area contributed by atoms with E-state index >= 15 is 0 Å². The van der Waals surface area contributed by atoms with Gasteiger partial charge in [-0.1, -0.05) is 6.07 Å². The van der Waals surface area contributed by atoms with Crippen LogP contribution in [-0.4, -0.2) is 66.9 Å². The lowest BCUT2D eigenvalue weighted by atomic mass is 10.0. The molecule has 0 aliphatic carbocycles. The largest absolute Gasteiger partial charge is 0.497 e. The molecule has 4 heterocycles. The predicted octanol–water partition coefficient (Wildman–Crippen LogP) is 6.08. The molecular formula is C35H36F2N6O3. The summed E-state index contributed by atoms with van der Waals surface area (Å²) < 4.78 is 42.2. The third-order valence-electron chi connectivity index (χ3n) is 8.68. The number of hydrogen-bond donors (Lipinski definition) is 1. The number of aromatic nitrogens is 3. The number of pyridine rings is 3. The normalized spacial score (nSPS) is 14.0. The molecule has 1 aliphatic heterocycles. The molecule has 238 valence electrons. The SMILES string of the molecule is COc1ccc(Cn2c(=O)c(-c3c(F)cccc3F)cc3cnc(Nc4ccc(N(C)C5CCN(C)CC5)cn4)cc32)c(OC)c1. The van der Waals surface area contributed by atoms with E-state index in [0.29, 0.717) is 45.6 Å². The van der Waals surface area contributed by atoms with Gasteiger partial charge in [0.2, 0.25) is 0 Å². The molecule has 0 atom stereocenters. The van der Waals surface area contributed by atoms with Crippen molar-refractivity contribution in [2.45, 2.75) is 25.4 Å². The third-order valence-corrected chi connectivity index (χ3v) is 8.68. The summed E-state index contributed by atoms with van der Waals surface area (Å²) >= 11 is 0. The van der Waals surface area contributed by atoms with E-state index in [0.717, 1.165) is 43.8 Å². The number of nitrogens with zero attached hydrogens (tertiary/aromatic N) is 5. The van der Waals surface area contributed by atoms with E-state index in [9.17, 15) is 13.6 Å². The lowest BCUT2D eigenvalue weighted by Gasteiger charge is -2.36. The van der Waals surface area contributed by atoms with Crippen LogP contribution in [0.5, 0.6) is 11.5 Å². The predicted molar refractivity (Wildman–Crippen MR) is 176 cm³/mol. The molecule has 9 nitrogen and oxygen atoms in total. The summed E-state index contributed by atoms with van der Waals surface area (Å²) in [6.45, 7) is 2.21. The van der Waals surface area contributed by atoms with Crippen LogP contribution in [-0.2, 0) is 6.54 Å². The smallest absolute Gasteiger partial charge is 0.259 e. The van der Waals surface area contributed by atoms with Crippen molar-refractivity contribution in [2.24, 2.45) is 0 Å². The Morgan fingerprint density at radius 3 is 2.35 bits per heavy atom. The van der Waals surface area contributed by atoms with Crippen molar-refractivity contribution in [1.82, 2.24) is 19.4 Å². The summed E-state index contributed by atoms with van der Waals surface area (Å²) in [7, 11) is 7.33. The fraction of sp³-hybridized carbons (Fsp3) is 0.286. The molecule has 0 unspecified atom stereocenters. The van der Waals surface area contributed by atoms with Gasteiger partial charge >= 0.3 is 0 Å². The maximum Gasteiger partial charge on any atom is 0.259 e. The molecule has 46 heavy (non-hydrogen) atoms. The molecule has 5 aromatic rings. The Morgan fingerprint density at radius 2 is 1.67 bits per heavy atom. The van der Waals surface area contributed by atoms with Crippen LogP contribution in [0.3, 0.4) is 0 Å². The fourth-order valence-corrected chi connectivity index (χ4v) is 5.98. The molecule has 1 aliphatic rings. The maximum absolute atomic E-state index is 14.9. The van der Waals surface area contributed by atoms with Crippen molar-refractivity contribution >= 4 is 28.2 Å². The Morgan fingerprint density at radius 1 is 0.935 bits per heavy atom. The van der Waals surface area contributed by atoms with Crippen LogP contribution in [0.4, 0.5) is 26.1 Å². The molecule has 2 aromatic carbocycles. The lowest BCUT2D eigenvalue weighted by molar-refractivity contribution is 0.253. The molecule has 1 fully saturated rings. The van der Waals surface area contributed by atoms with Crippen LogP contribution < -0.4 is 25.2 Å². The summed E-state index contributed by atoms with van der Waals surface area (Å²) in [6.07, 6.45) is 5.61. The second-order valence-corrected chi connectivity index (χ2v) is 11.5. The lowest BCUT2D eigenvalue weighted by Crippen LogP contribution is -2.42. The minimum Gasteiger partial charge on any atom is -0.497 e. The molecule has 1 N–H and O–H groups in total. The Bertz CT molecular complexity index is 1900. The van der Waals surface area contributed by atoms with Gasteiger partial charge in [-0.2, -0.15) is 0 Å². The summed E-state index contributed by atoms with van der Waals surface area (Å²) in [5.74, 6) is 0.481. The number of piperidine rings is 1. The zero-order chi connectivity index (χ0) is 32.4. The van der Waals surface area contributed by atoms with Crippen LogP contribution in [0.25, 0.3) is 22.0 Å². The first-order valence-electron chi connectivity index (χ1n) is 15.1. The van der Waals surface area contributed by atoms with E-state index < -0.39 is 17.2 Å². The highest BCUT2D eigenvalue weighted by atomic mass is 19.1. The minimum atomic E-state index is -0.827.